The van der Waals surface area contributed by atoms with Crippen LogP contribution in [0.15, 0.2) is 54.9 Å². The van der Waals surface area contributed by atoms with Gasteiger partial charge < -0.3 is 9.64 Å². The van der Waals surface area contributed by atoms with Gasteiger partial charge in [0.25, 0.3) is 0 Å². The molecule has 0 aliphatic carbocycles. The first-order valence-electron chi connectivity index (χ1n) is 9.06. The summed E-state index contributed by atoms with van der Waals surface area (Å²) in [6.45, 7) is 3.45. The lowest BCUT2D eigenvalue weighted by molar-refractivity contribution is 0.122. The van der Waals surface area contributed by atoms with Crippen molar-refractivity contribution >= 4 is 16.7 Å². The van der Waals surface area contributed by atoms with Gasteiger partial charge in [-0.1, -0.05) is 5.21 Å². The van der Waals surface area contributed by atoms with E-state index in [1.807, 2.05) is 31.6 Å². The van der Waals surface area contributed by atoms with Crippen molar-refractivity contribution in [2.45, 2.75) is 0 Å². The second-order valence-electron chi connectivity index (χ2n) is 6.65. The van der Waals surface area contributed by atoms with Crippen LogP contribution in [0.3, 0.4) is 0 Å². The molecule has 0 bridgehead atoms. The number of hydrogen-bond donors (Lipinski definition) is 0. The van der Waals surface area contributed by atoms with Crippen molar-refractivity contribution in [3.63, 3.8) is 0 Å². The number of aryl methyl sites for hydroxylation is 1. The van der Waals surface area contributed by atoms with Crippen LogP contribution >= 0.6 is 0 Å². The average molecular weight is 360 g/mol. The van der Waals surface area contributed by atoms with E-state index in [0.29, 0.717) is 0 Å². The van der Waals surface area contributed by atoms with Gasteiger partial charge in [-0.2, -0.15) is 0 Å². The van der Waals surface area contributed by atoms with Crippen LogP contribution in [0.4, 0.5) is 5.69 Å². The van der Waals surface area contributed by atoms with E-state index in [-0.39, 0.29) is 0 Å². The number of nitrogens with zero attached hydrogens (tertiary/aromatic N) is 6. The Hall–Kier alpha value is -3.19. The van der Waals surface area contributed by atoms with E-state index in [0.717, 1.165) is 54.4 Å². The predicted octanol–water partition coefficient (Wildman–Crippen LogP) is 2.66. The highest BCUT2D eigenvalue weighted by Crippen LogP contribution is 2.26. The van der Waals surface area contributed by atoms with E-state index in [4.69, 9.17) is 4.74 Å². The molecular weight excluding hydrogens is 340 g/mol. The Morgan fingerprint density at radius 3 is 2.56 bits per heavy atom. The molecule has 2 aromatic carbocycles. The Bertz CT molecular complexity index is 1080. The van der Waals surface area contributed by atoms with Crippen molar-refractivity contribution < 1.29 is 4.74 Å². The molecule has 27 heavy (non-hydrogen) atoms. The first kappa shape index (κ1) is 16.0. The van der Waals surface area contributed by atoms with Gasteiger partial charge in [0.2, 0.25) is 0 Å². The van der Waals surface area contributed by atoms with Gasteiger partial charge in [0.05, 0.1) is 18.7 Å². The lowest BCUT2D eigenvalue weighted by Gasteiger charge is -2.28. The minimum absolute atomic E-state index is 0.789. The Labute approximate surface area is 156 Å². The van der Waals surface area contributed by atoms with Gasteiger partial charge in [0.15, 0.2) is 0 Å². The molecule has 2 aromatic heterocycles. The van der Waals surface area contributed by atoms with Crippen LogP contribution in [-0.2, 0) is 11.8 Å². The summed E-state index contributed by atoms with van der Waals surface area (Å²) in [5.74, 6) is 0.909. The summed E-state index contributed by atoms with van der Waals surface area (Å²) in [6, 6.07) is 14.7. The van der Waals surface area contributed by atoms with E-state index in [1.165, 1.54) is 5.69 Å². The molecule has 7 nitrogen and oxygen atoms in total. The van der Waals surface area contributed by atoms with E-state index >= 15 is 0 Å². The number of rotatable bonds is 3. The van der Waals surface area contributed by atoms with Gasteiger partial charge in [-0.05, 0) is 42.5 Å². The molecule has 136 valence electrons. The third-order valence-electron chi connectivity index (χ3n) is 5.01. The van der Waals surface area contributed by atoms with Crippen molar-refractivity contribution in [3.8, 4) is 17.1 Å². The fraction of sp³-hybridized carbons (Fsp3) is 0.250. The summed E-state index contributed by atoms with van der Waals surface area (Å²) in [5.41, 5.74) is 5.21. The third kappa shape index (κ3) is 2.86. The lowest BCUT2D eigenvalue weighted by atomic mass is 10.1. The van der Waals surface area contributed by atoms with E-state index in [1.54, 1.807) is 4.68 Å². The molecule has 1 aliphatic heterocycles. The van der Waals surface area contributed by atoms with Crippen molar-refractivity contribution in [3.05, 3.63) is 54.9 Å². The zero-order valence-corrected chi connectivity index (χ0v) is 15.1. The second-order valence-corrected chi connectivity index (χ2v) is 6.65. The van der Waals surface area contributed by atoms with Gasteiger partial charge in [-0.25, -0.2) is 9.67 Å². The van der Waals surface area contributed by atoms with Crippen LogP contribution in [0.1, 0.15) is 0 Å². The van der Waals surface area contributed by atoms with Crippen LogP contribution in [0.5, 0.6) is 0 Å². The highest BCUT2D eigenvalue weighted by atomic mass is 16.5. The first-order valence-corrected chi connectivity index (χ1v) is 9.06. The molecule has 0 amide bonds. The Morgan fingerprint density at radius 2 is 1.74 bits per heavy atom. The number of ether oxygens (including phenoxy) is 1. The van der Waals surface area contributed by atoms with Crippen LogP contribution in [0.2, 0.25) is 0 Å². The number of benzene rings is 2. The Balaban J connectivity index is 1.48. The summed E-state index contributed by atoms with van der Waals surface area (Å²) in [4.78, 5) is 6.93. The standard InChI is InChI=1S/C20H20N6O/c1-24-19-7-6-17(14-18(19)22-23-24)26-9-8-21-20(26)15-2-4-16(5-3-15)25-10-12-27-13-11-25/h2-9,14H,10-13H2,1H3. The molecule has 3 heterocycles. The fourth-order valence-corrected chi connectivity index (χ4v) is 3.55. The SMILES string of the molecule is Cn1nnc2cc(-n3ccnc3-c3ccc(N4CCOCC4)cc3)ccc21. The molecule has 1 aliphatic rings. The summed E-state index contributed by atoms with van der Waals surface area (Å²) in [7, 11) is 1.90. The maximum Gasteiger partial charge on any atom is 0.144 e. The molecule has 0 N–H and O–H groups in total. The van der Waals surface area contributed by atoms with Crippen molar-refractivity contribution in [2.75, 3.05) is 31.2 Å². The van der Waals surface area contributed by atoms with Crippen LogP contribution in [-0.4, -0.2) is 50.8 Å². The molecule has 0 atom stereocenters. The molecule has 0 unspecified atom stereocenters. The molecule has 1 fully saturated rings. The number of hydrogen-bond acceptors (Lipinski definition) is 5. The zero-order chi connectivity index (χ0) is 18.2. The monoisotopic (exact) mass is 360 g/mol. The normalized spacial score (nSPS) is 14.8. The summed E-state index contributed by atoms with van der Waals surface area (Å²) < 4.78 is 9.29. The van der Waals surface area contributed by atoms with Crippen molar-refractivity contribution in [2.24, 2.45) is 7.05 Å². The largest absolute Gasteiger partial charge is 0.378 e. The number of fused-ring (bicyclic) bond motifs is 1. The Kier molecular flexibility index (Phi) is 3.86. The molecule has 7 heteroatoms. The first-order chi connectivity index (χ1) is 13.3. The van der Waals surface area contributed by atoms with Crippen LogP contribution < -0.4 is 4.90 Å². The van der Waals surface area contributed by atoms with Gasteiger partial charge in [0.1, 0.15) is 11.3 Å². The second kappa shape index (κ2) is 6.51. The number of anilines is 1. The maximum atomic E-state index is 5.43. The van der Waals surface area contributed by atoms with Crippen molar-refractivity contribution in [1.29, 1.82) is 0 Å². The zero-order valence-electron chi connectivity index (χ0n) is 15.1. The number of aromatic nitrogens is 5. The van der Waals surface area contributed by atoms with Gasteiger partial charge in [-0.3, -0.25) is 4.57 Å². The maximum absolute atomic E-state index is 5.43. The van der Waals surface area contributed by atoms with Crippen LogP contribution in [0, 0.1) is 0 Å². The van der Waals surface area contributed by atoms with Gasteiger partial charge in [-0.15, -0.1) is 5.10 Å². The quantitative estimate of drug-likeness (QED) is 0.562. The summed E-state index contributed by atoms with van der Waals surface area (Å²) >= 11 is 0. The highest BCUT2D eigenvalue weighted by molar-refractivity contribution is 5.77. The highest BCUT2D eigenvalue weighted by Gasteiger charge is 2.13. The van der Waals surface area contributed by atoms with Gasteiger partial charge in [0, 0.05) is 49.5 Å². The van der Waals surface area contributed by atoms with E-state index in [2.05, 4.69) is 55.1 Å². The van der Waals surface area contributed by atoms with E-state index in [9.17, 15) is 0 Å². The van der Waals surface area contributed by atoms with Gasteiger partial charge >= 0.3 is 0 Å². The lowest BCUT2D eigenvalue weighted by Crippen LogP contribution is -2.36. The Morgan fingerprint density at radius 1 is 0.963 bits per heavy atom. The fourth-order valence-electron chi connectivity index (χ4n) is 3.55. The molecule has 0 saturated carbocycles. The molecular formula is C20H20N6O. The third-order valence-corrected chi connectivity index (χ3v) is 5.01. The molecule has 1 saturated heterocycles. The molecule has 4 aromatic rings. The molecule has 0 spiro atoms. The van der Waals surface area contributed by atoms with Crippen molar-refractivity contribution in [1.82, 2.24) is 24.5 Å². The predicted molar refractivity (Wildman–Crippen MR) is 104 cm³/mol. The van der Waals surface area contributed by atoms with Crippen LogP contribution in [0.25, 0.3) is 28.1 Å². The van der Waals surface area contributed by atoms with E-state index < -0.39 is 0 Å². The molecule has 5 rings (SSSR count). The topological polar surface area (TPSA) is 61.0 Å². The smallest absolute Gasteiger partial charge is 0.144 e. The number of imidazole rings is 1. The summed E-state index contributed by atoms with van der Waals surface area (Å²) in [6.07, 6.45) is 3.80. The average Bonchev–Trinajstić information content (AvgIpc) is 3.36. The summed E-state index contributed by atoms with van der Waals surface area (Å²) in [5, 5.41) is 8.30. The number of morpholine rings is 1. The minimum Gasteiger partial charge on any atom is -0.378 e. The minimum atomic E-state index is 0.789. The molecule has 0 radical (unpaired) electrons.